The molecule has 2 N–H and O–H groups in total. The quantitative estimate of drug-likeness (QED) is 0.560. The Morgan fingerprint density at radius 2 is 1.91 bits per heavy atom. The molecule has 1 aromatic heterocycles. The van der Waals surface area contributed by atoms with Crippen molar-refractivity contribution in [3.63, 3.8) is 0 Å². The summed E-state index contributed by atoms with van der Waals surface area (Å²) in [7, 11) is 0. The second kappa shape index (κ2) is 8.09. The van der Waals surface area contributed by atoms with Crippen molar-refractivity contribution in [2.75, 3.05) is 5.32 Å². The van der Waals surface area contributed by atoms with E-state index in [9.17, 15) is 4.79 Å². The Balaban J connectivity index is 1.48. The smallest absolute Gasteiger partial charge is 0.291 e. The van der Waals surface area contributed by atoms with Gasteiger partial charge in [0.1, 0.15) is 11.8 Å². The first-order valence-electron chi connectivity index (χ1n) is 12.4. The van der Waals surface area contributed by atoms with Gasteiger partial charge in [-0.05, 0) is 93.4 Å². The summed E-state index contributed by atoms with van der Waals surface area (Å²) in [6.07, 6.45) is 11.2. The van der Waals surface area contributed by atoms with Crippen LogP contribution in [0, 0.1) is 16.7 Å². The molecule has 1 aliphatic carbocycles. The normalized spacial score (nSPS) is 29.9. The summed E-state index contributed by atoms with van der Waals surface area (Å²) in [5.74, 6) is 0.252. The van der Waals surface area contributed by atoms with Gasteiger partial charge in [-0.25, -0.2) is 4.98 Å². The van der Waals surface area contributed by atoms with E-state index in [1.54, 1.807) is 0 Å². The van der Waals surface area contributed by atoms with Crippen LogP contribution < -0.4 is 5.32 Å². The molecule has 0 saturated carbocycles. The highest BCUT2D eigenvalue weighted by atomic mass is 16.5. The molecule has 2 aromatic rings. The molecule has 2 saturated heterocycles. The molecule has 34 heavy (non-hydrogen) atoms. The number of nitrogens with one attached hydrogen (secondary N) is 2. The van der Waals surface area contributed by atoms with Crippen LogP contribution in [0.3, 0.4) is 0 Å². The largest absolute Gasteiger partial charge is 0.369 e. The zero-order chi connectivity index (χ0) is 24.1. The number of allylic oxidation sites excluding steroid dienone is 2. The summed E-state index contributed by atoms with van der Waals surface area (Å²) in [4.78, 5) is 19.7. The van der Waals surface area contributed by atoms with Gasteiger partial charge < -0.3 is 15.0 Å². The number of benzene rings is 1. The number of carbonyl (C=O) groups is 1. The molecule has 6 heteroatoms. The van der Waals surface area contributed by atoms with Crippen molar-refractivity contribution in [3.8, 4) is 6.07 Å². The van der Waals surface area contributed by atoms with Crippen molar-refractivity contribution < 1.29 is 9.53 Å². The third-order valence-corrected chi connectivity index (χ3v) is 8.02. The van der Waals surface area contributed by atoms with Gasteiger partial charge in [0.15, 0.2) is 5.82 Å². The molecule has 2 bridgehead atoms. The number of H-pyrrole nitrogens is 1. The molecule has 178 valence electrons. The minimum Gasteiger partial charge on any atom is -0.369 e. The van der Waals surface area contributed by atoms with Crippen LogP contribution in [0.5, 0.6) is 0 Å². The predicted molar refractivity (Wildman–Crippen MR) is 132 cm³/mol. The number of ether oxygens (including phenoxy) is 1. The third-order valence-electron chi connectivity index (χ3n) is 8.02. The topological polar surface area (TPSA) is 90.8 Å². The van der Waals surface area contributed by atoms with E-state index in [4.69, 9.17) is 10.00 Å². The van der Waals surface area contributed by atoms with Gasteiger partial charge in [0.05, 0.1) is 17.4 Å². The van der Waals surface area contributed by atoms with Gasteiger partial charge in [0.2, 0.25) is 0 Å². The Morgan fingerprint density at radius 3 is 2.53 bits per heavy atom. The maximum atomic E-state index is 12.9. The van der Waals surface area contributed by atoms with Crippen LogP contribution in [0.4, 0.5) is 5.69 Å². The Morgan fingerprint density at radius 1 is 1.18 bits per heavy atom. The Kier molecular flexibility index (Phi) is 5.44. The van der Waals surface area contributed by atoms with Crippen molar-refractivity contribution >= 4 is 17.2 Å². The molecule has 1 aromatic carbocycles. The Hall–Kier alpha value is -2.91. The minimum atomic E-state index is -0.337. The summed E-state index contributed by atoms with van der Waals surface area (Å²) in [6.45, 7) is 9.12. The van der Waals surface area contributed by atoms with Gasteiger partial charge in [-0.15, -0.1) is 0 Å². The summed E-state index contributed by atoms with van der Waals surface area (Å²) >= 11 is 0. The van der Waals surface area contributed by atoms with Crippen LogP contribution in [0.2, 0.25) is 0 Å². The van der Waals surface area contributed by atoms with Gasteiger partial charge >= 0.3 is 0 Å². The Labute approximate surface area is 201 Å². The van der Waals surface area contributed by atoms with Crippen LogP contribution in [0.15, 0.2) is 30.5 Å². The zero-order valence-electron chi connectivity index (χ0n) is 20.6. The fourth-order valence-corrected chi connectivity index (χ4v) is 6.05. The molecule has 2 unspecified atom stereocenters. The van der Waals surface area contributed by atoms with E-state index >= 15 is 0 Å². The van der Waals surface area contributed by atoms with Crippen LogP contribution in [-0.4, -0.2) is 27.1 Å². The second-order valence-electron chi connectivity index (χ2n) is 11.7. The number of anilines is 1. The third kappa shape index (κ3) is 4.42. The number of imidazole rings is 1. The maximum absolute atomic E-state index is 12.9. The van der Waals surface area contributed by atoms with Gasteiger partial charge in [-0.1, -0.05) is 26.0 Å². The van der Waals surface area contributed by atoms with Crippen molar-refractivity contribution in [3.05, 3.63) is 53.1 Å². The molecular weight excluding hydrogens is 424 g/mol. The number of aromatic amines is 1. The number of hydrogen-bond acceptors (Lipinski definition) is 4. The summed E-state index contributed by atoms with van der Waals surface area (Å²) in [6, 6.07) is 8.48. The van der Waals surface area contributed by atoms with E-state index in [2.05, 4.69) is 61.2 Å². The van der Waals surface area contributed by atoms with Crippen LogP contribution in [0.25, 0.3) is 5.57 Å². The lowest BCUT2D eigenvalue weighted by atomic mass is 9.75. The number of carbonyl (C=O) groups excluding carboxylic acids is 1. The minimum absolute atomic E-state index is 0.0451. The molecule has 2 fully saturated rings. The summed E-state index contributed by atoms with van der Waals surface area (Å²) < 4.78 is 6.43. The summed E-state index contributed by atoms with van der Waals surface area (Å²) in [5.41, 5.74) is 4.99. The number of amides is 1. The van der Waals surface area contributed by atoms with Crippen molar-refractivity contribution in [2.24, 2.45) is 5.41 Å². The van der Waals surface area contributed by atoms with Crippen molar-refractivity contribution in [1.29, 1.82) is 5.26 Å². The van der Waals surface area contributed by atoms with Crippen molar-refractivity contribution in [1.82, 2.24) is 9.97 Å². The molecule has 1 amide bonds. The molecule has 5 rings (SSSR count). The monoisotopic (exact) mass is 458 g/mol. The zero-order valence-corrected chi connectivity index (χ0v) is 20.6. The van der Waals surface area contributed by atoms with Gasteiger partial charge in [0.25, 0.3) is 5.91 Å². The van der Waals surface area contributed by atoms with Gasteiger partial charge in [-0.3, -0.25) is 4.79 Å². The lowest BCUT2D eigenvalue weighted by molar-refractivity contribution is -0.127. The summed E-state index contributed by atoms with van der Waals surface area (Å²) in [5, 5.41) is 12.1. The molecular formula is C28H34N4O2. The molecule has 3 aliphatic rings. The first-order chi connectivity index (χ1) is 16.1. The lowest BCUT2D eigenvalue weighted by Gasteiger charge is -2.41. The van der Waals surface area contributed by atoms with Crippen LogP contribution in [-0.2, 0) is 4.74 Å². The fourth-order valence-electron chi connectivity index (χ4n) is 6.05. The number of hydrogen-bond donors (Lipinski definition) is 2. The highest BCUT2D eigenvalue weighted by Crippen LogP contribution is 2.53. The highest BCUT2D eigenvalue weighted by Gasteiger charge is 2.50. The average Bonchev–Trinajstić information content (AvgIpc) is 3.35. The number of fused-ring (bicyclic) bond motifs is 2. The number of nitrogens with zero attached hydrogens (tertiary/aromatic N) is 2. The van der Waals surface area contributed by atoms with E-state index < -0.39 is 0 Å². The van der Waals surface area contributed by atoms with E-state index in [0.717, 1.165) is 56.2 Å². The molecule has 2 atom stereocenters. The fraction of sp³-hybridized carbons (Fsp3) is 0.536. The van der Waals surface area contributed by atoms with E-state index in [-0.39, 0.29) is 28.6 Å². The van der Waals surface area contributed by atoms with Gasteiger partial charge in [-0.2, -0.15) is 5.26 Å². The molecule has 3 heterocycles. The number of nitriles is 1. The van der Waals surface area contributed by atoms with E-state index in [0.29, 0.717) is 11.3 Å². The van der Waals surface area contributed by atoms with E-state index in [1.807, 2.05) is 12.1 Å². The Bertz CT molecular complexity index is 1190. The lowest BCUT2D eigenvalue weighted by Crippen LogP contribution is -2.39. The number of rotatable bonds is 4. The van der Waals surface area contributed by atoms with E-state index in [1.165, 1.54) is 17.3 Å². The molecule has 6 nitrogen and oxygen atoms in total. The molecule has 2 aliphatic heterocycles. The van der Waals surface area contributed by atoms with Crippen LogP contribution in [0.1, 0.15) is 106 Å². The SMILES string of the molecule is CC1(C)CC=C(c2cc(C3CC4(C)CCC(C)(C3)O4)ccc2NC(=O)c2ncc(C#N)[nH]2)CC1. The predicted octanol–water partition coefficient (Wildman–Crippen LogP) is 6.33. The second-order valence-corrected chi connectivity index (χ2v) is 11.7. The maximum Gasteiger partial charge on any atom is 0.291 e. The highest BCUT2D eigenvalue weighted by molar-refractivity contribution is 6.03. The first kappa shape index (κ1) is 22.9. The van der Waals surface area contributed by atoms with Gasteiger partial charge in [0, 0.05) is 11.3 Å². The molecule has 0 spiro atoms. The van der Waals surface area contributed by atoms with Crippen LogP contribution >= 0.6 is 0 Å². The average molecular weight is 459 g/mol. The standard InChI is InChI=1S/C28H34N4O2/c1-26(2)9-7-18(8-10-26)22-13-19(20-14-27(3)11-12-28(4,15-20)34-27)5-6-23(22)32-25(33)24-30-17-21(16-29)31-24/h5-7,13,17,20H,8-12,14-15H2,1-4H3,(H,30,31)(H,32,33). The number of aromatic nitrogens is 2. The molecule has 0 radical (unpaired) electrons. The first-order valence-corrected chi connectivity index (χ1v) is 12.4. The van der Waals surface area contributed by atoms with Crippen molar-refractivity contribution in [2.45, 2.75) is 89.8 Å².